The Balaban J connectivity index is 2.05. The summed E-state index contributed by atoms with van der Waals surface area (Å²) in [6, 6.07) is -1.19. The summed E-state index contributed by atoms with van der Waals surface area (Å²) in [5.74, 6) is -0.538. The molecule has 2 fully saturated rings. The number of hydrogen-bond acceptors (Lipinski definition) is 11. The van der Waals surface area contributed by atoms with Gasteiger partial charge in [-0.05, 0) is 0 Å². The molecule has 0 saturated carbocycles. The van der Waals surface area contributed by atoms with Crippen LogP contribution in [0.1, 0.15) is 6.92 Å². The van der Waals surface area contributed by atoms with Crippen LogP contribution in [0.3, 0.4) is 0 Å². The number of nitrogens with one attached hydrogen (secondary N) is 1. The van der Waals surface area contributed by atoms with Gasteiger partial charge < -0.3 is 55.3 Å². The molecule has 0 aromatic carbocycles. The summed E-state index contributed by atoms with van der Waals surface area (Å²) in [5.41, 5.74) is 0. The third kappa shape index (κ3) is 4.48. The van der Waals surface area contributed by atoms with E-state index in [1.165, 1.54) is 6.92 Å². The van der Waals surface area contributed by atoms with E-state index in [2.05, 4.69) is 5.32 Å². The number of ether oxygens (including phenoxy) is 3. The van der Waals surface area contributed by atoms with Crippen LogP contribution < -0.4 is 5.32 Å². The molecule has 12 heteroatoms. The van der Waals surface area contributed by atoms with Crippen LogP contribution in [-0.2, 0) is 19.0 Å². The van der Waals surface area contributed by atoms with Crippen LogP contribution in [0.25, 0.3) is 0 Å². The third-order valence-corrected chi connectivity index (χ3v) is 4.36. The molecule has 2 rings (SSSR count). The van der Waals surface area contributed by atoms with Crippen LogP contribution in [0.5, 0.6) is 0 Å². The van der Waals surface area contributed by atoms with Gasteiger partial charge in [-0.1, -0.05) is 0 Å². The molecule has 2 saturated heterocycles. The van der Waals surface area contributed by atoms with Crippen molar-refractivity contribution in [1.82, 2.24) is 5.32 Å². The number of carbonyl (C=O) groups excluding carboxylic acids is 1. The smallest absolute Gasteiger partial charge is 0.217 e. The topological polar surface area (TPSA) is 198 Å². The maximum absolute atomic E-state index is 11.3. The predicted octanol–water partition coefficient (Wildman–Crippen LogP) is -5.25. The van der Waals surface area contributed by atoms with Crippen LogP contribution in [0.2, 0.25) is 0 Å². The quantitative estimate of drug-likeness (QED) is 0.226. The second kappa shape index (κ2) is 8.84. The van der Waals surface area contributed by atoms with E-state index in [0.29, 0.717) is 0 Å². The second-order valence-electron chi connectivity index (χ2n) is 6.30. The van der Waals surface area contributed by atoms with Gasteiger partial charge in [-0.3, -0.25) is 4.79 Å². The molecule has 152 valence electrons. The van der Waals surface area contributed by atoms with Gasteiger partial charge in [0.1, 0.15) is 48.8 Å². The molecule has 0 bridgehead atoms. The minimum Gasteiger partial charge on any atom is -0.394 e. The standard InChI is InChI=1S/C14H25NO11/c1-4(17)15-7-10(20)8(18)5(2-16)26-14(7)24-3-6-9(19)11(21)12(22)13(23)25-6/h5-14,16,18-23H,2-3H2,1H3,(H,15,17)/t5-,6-,7-,8-,9+,10-,11+,12-,13-,14+/m1/s1. The minimum absolute atomic E-state index is 0.455. The Kier molecular flexibility index (Phi) is 7.27. The SMILES string of the molecule is CC(=O)N[C@H]1[C@@H](OC[C@H]2O[C@@H](O)[C@H](O)[C@@H](O)[C@H]2O)O[C@H](CO)[C@@H](O)[C@@H]1O. The average molecular weight is 383 g/mol. The number of aliphatic hydroxyl groups is 7. The van der Waals surface area contributed by atoms with E-state index in [-0.39, 0.29) is 0 Å². The highest BCUT2D eigenvalue weighted by molar-refractivity contribution is 5.73. The zero-order chi connectivity index (χ0) is 19.6. The molecule has 1 amide bonds. The molecule has 2 aliphatic heterocycles. The number of amides is 1. The maximum Gasteiger partial charge on any atom is 0.217 e. The van der Waals surface area contributed by atoms with E-state index < -0.39 is 80.5 Å². The van der Waals surface area contributed by atoms with Crippen LogP contribution in [0.4, 0.5) is 0 Å². The monoisotopic (exact) mass is 383 g/mol. The van der Waals surface area contributed by atoms with Gasteiger partial charge in [-0.25, -0.2) is 0 Å². The molecule has 26 heavy (non-hydrogen) atoms. The Hall–Kier alpha value is -0.930. The second-order valence-corrected chi connectivity index (χ2v) is 6.30. The van der Waals surface area contributed by atoms with Crippen molar-refractivity contribution in [2.45, 2.75) is 68.3 Å². The van der Waals surface area contributed by atoms with E-state index in [1.807, 2.05) is 0 Å². The van der Waals surface area contributed by atoms with Crippen LogP contribution in [0, 0.1) is 0 Å². The number of rotatable bonds is 5. The van der Waals surface area contributed by atoms with Gasteiger partial charge in [0.2, 0.25) is 5.91 Å². The Bertz CT molecular complexity index is 480. The lowest BCUT2D eigenvalue weighted by Crippen LogP contribution is -2.65. The largest absolute Gasteiger partial charge is 0.394 e. The molecule has 2 heterocycles. The highest BCUT2D eigenvalue weighted by Crippen LogP contribution is 2.25. The lowest BCUT2D eigenvalue weighted by molar-refractivity contribution is -0.311. The van der Waals surface area contributed by atoms with E-state index in [9.17, 15) is 40.5 Å². The third-order valence-electron chi connectivity index (χ3n) is 4.36. The molecule has 2 aliphatic rings. The van der Waals surface area contributed by atoms with Crippen molar-refractivity contribution >= 4 is 5.91 Å². The Morgan fingerprint density at radius 3 is 2.12 bits per heavy atom. The van der Waals surface area contributed by atoms with E-state index in [4.69, 9.17) is 14.2 Å². The van der Waals surface area contributed by atoms with Gasteiger partial charge in [0.05, 0.1) is 13.2 Å². The minimum atomic E-state index is -1.75. The van der Waals surface area contributed by atoms with E-state index in [1.54, 1.807) is 0 Å². The average Bonchev–Trinajstić information content (AvgIpc) is 2.60. The first-order valence-corrected chi connectivity index (χ1v) is 8.06. The van der Waals surface area contributed by atoms with Crippen molar-refractivity contribution in [1.29, 1.82) is 0 Å². The summed E-state index contributed by atoms with van der Waals surface area (Å²) in [5, 5.41) is 70.1. The maximum atomic E-state index is 11.3. The first kappa shape index (κ1) is 21.4. The summed E-state index contributed by atoms with van der Waals surface area (Å²) in [6.45, 7) is 0.0944. The molecular formula is C14H25NO11. The van der Waals surface area contributed by atoms with Gasteiger partial charge in [0.25, 0.3) is 0 Å². The van der Waals surface area contributed by atoms with Crippen LogP contribution in [-0.4, -0.2) is 116 Å². The van der Waals surface area contributed by atoms with Crippen molar-refractivity contribution in [2.24, 2.45) is 0 Å². The van der Waals surface area contributed by atoms with E-state index >= 15 is 0 Å². The van der Waals surface area contributed by atoms with Crippen molar-refractivity contribution in [3.63, 3.8) is 0 Å². The molecule has 0 aromatic heterocycles. The zero-order valence-corrected chi connectivity index (χ0v) is 14.0. The van der Waals surface area contributed by atoms with Gasteiger partial charge in [0, 0.05) is 6.92 Å². The Labute approximate surface area is 148 Å². The Morgan fingerprint density at radius 2 is 1.54 bits per heavy atom. The van der Waals surface area contributed by atoms with Crippen LogP contribution >= 0.6 is 0 Å². The lowest BCUT2D eigenvalue weighted by atomic mass is 9.96. The number of hydrogen-bond donors (Lipinski definition) is 8. The summed E-state index contributed by atoms with van der Waals surface area (Å²) < 4.78 is 15.7. The molecule has 10 atom stereocenters. The summed E-state index contributed by atoms with van der Waals surface area (Å²) in [6.07, 6.45) is -13.5. The van der Waals surface area contributed by atoms with Gasteiger partial charge in [0.15, 0.2) is 12.6 Å². The fraction of sp³-hybridized carbons (Fsp3) is 0.929. The molecule has 0 aromatic rings. The van der Waals surface area contributed by atoms with E-state index in [0.717, 1.165) is 0 Å². The lowest BCUT2D eigenvalue weighted by Gasteiger charge is -2.43. The molecule has 8 N–H and O–H groups in total. The summed E-state index contributed by atoms with van der Waals surface area (Å²) in [7, 11) is 0. The molecular weight excluding hydrogens is 358 g/mol. The van der Waals surface area contributed by atoms with Gasteiger partial charge >= 0.3 is 0 Å². The molecule has 0 aliphatic carbocycles. The first-order valence-electron chi connectivity index (χ1n) is 8.06. The molecule has 0 unspecified atom stereocenters. The first-order chi connectivity index (χ1) is 12.2. The predicted molar refractivity (Wildman–Crippen MR) is 80.2 cm³/mol. The number of carbonyl (C=O) groups is 1. The summed E-state index contributed by atoms with van der Waals surface area (Å²) in [4.78, 5) is 11.3. The fourth-order valence-corrected chi connectivity index (χ4v) is 2.87. The fourth-order valence-electron chi connectivity index (χ4n) is 2.87. The van der Waals surface area contributed by atoms with Gasteiger partial charge in [-0.2, -0.15) is 0 Å². The van der Waals surface area contributed by atoms with Crippen molar-refractivity contribution in [3.8, 4) is 0 Å². The highest BCUT2D eigenvalue weighted by Gasteiger charge is 2.47. The van der Waals surface area contributed by atoms with Crippen molar-refractivity contribution in [3.05, 3.63) is 0 Å². The normalized spacial score (nSPS) is 46.8. The summed E-state index contributed by atoms with van der Waals surface area (Å²) >= 11 is 0. The Morgan fingerprint density at radius 1 is 0.923 bits per heavy atom. The van der Waals surface area contributed by atoms with Gasteiger partial charge in [-0.15, -0.1) is 0 Å². The molecule has 0 radical (unpaired) electrons. The zero-order valence-electron chi connectivity index (χ0n) is 14.0. The highest BCUT2D eigenvalue weighted by atomic mass is 16.7. The molecule has 12 nitrogen and oxygen atoms in total. The van der Waals surface area contributed by atoms with Crippen molar-refractivity contribution < 1.29 is 54.8 Å². The van der Waals surface area contributed by atoms with Crippen LogP contribution in [0.15, 0.2) is 0 Å². The number of aliphatic hydroxyl groups excluding tert-OH is 7. The van der Waals surface area contributed by atoms with Crippen molar-refractivity contribution in [2.75, 3.05) is 13.2 Å². The molecule has 0 spiro atoms.